The van der Waals surface area contributed by atoms with E-state index >= 15 is 0 Å². The number of carbonyl (C=O) groups is 1. The zero-order chi connectivity index (χ0) is 17.7. The number of furan rings is 1. The van der Waals surface area contributed by atoms with Crippen molar-refractivity contribution in [2.45, 2.75) is 6.92 Å². The third-order valence-corrected chi connectivity index (χ3v) is 4.31. The van der Waals surface area contributed by atoms with Gasteiger partial charge in [0.2, 0.25) is 12.5 Å². The lowest BCUT2D eigenvalue weighted by Gasteiger charge is -2.04. The highest BCUT2D eigenvalue weighted by atomic mass is 16.7. The number of carbonyl (C=O) groups excluding carboxylic acids is 1. The molecule has 0 saturated carbocycles. The summed E-state index contributed by atoms with van der Waals surface area (Å²) in [5.74, 6) is 1.13. The predicted octanol–water partition coefficient (Wildman–Crippen LogP) is 4.27. The molecule has 0 bridgehead atoms. The van der Waals surface area contributed by atoms with Crippen molar-refractivity contribution in [3.8, 4) is 11.5 Å². The molecule has 0 fully saturated rings. The number of anilines is 1. The third-order valence-electron chi connectivity index (χ3n) is 4.31. The number of hydrogen-bond donors (Lipinski definition) is 1. The van der Waals surface area contributed by atoms with Gasteiger partial charge in [0.05, 0.1) is 5.52 Å². The minimum Gasteiger partial charge on any atom is -0.454 e. The van der Waals surface area contributed by atoms with Gasteiger partial charge in [0.15, 0.2) is 17.3 Å². The van der Waals surface area contributed by atoms with Crippen molar-refractivity contribution < 1.29 is 18.7 Å². The molecule has 1 aliphatic heterocycles. The highest BCUT2D eigenvalue weighted by molar-refractivity contribution is 6.05. The van der Waals surface area contributed by atoms with Crippen molar-refractivity contribution in [3.05, 3.63) is 59.9 Å². The van der Waals surface area contributed by atoms with Crippen molar-refractivity contribution in [2.75, 3.05) is 12.1 Å². The Morgan fingerprint density at radius 3 is 2.81 bits per heavy atom. The van der Waals surface area contributed by atoms with E-state index in [0.717, 1.165) is 21.9 Å². The van der Waals surface area contributed by atoms with Crippen molar-refractivity contribution in [1.29, 1.82) is 0 Å². The molecule has 2 aromatic carbocycles. The molecular formula is C20H14N2O4. The van der Waals surface area contributed by atoms with Crippen LogP contribution in [0.15, 0.2) is 52.9 Å². The first-order chi connectivity index (χ1) is 12.7. The number of nitrogens with zero attached hydrogens (tertiary/aromatic N) is 1. The number of amides is 1. The first-order valence-corrected chi connectivity index (χ1v) is 8.18. The van der Waals surface area contributed by atoms with Crippen LogP contribution in [0, 0.1) is 6.92 Å². The summed E-state index contributed by atoms with van der Waals surface area (Å²) in [4.78, 5) is 17.0. The van der Waals surface area contributed by atoms with E-state index in [9.17, 15) is 4.79 Å². The molecule has 0 radical (unpaired) electrons. The van der Waals surface area contributed by atoms with Gasteiger partial charge in [0.1, 0.15) is 0 Å². The number of pyridine rings is 1. The Labute approximate surface area is 148 Å². The minimum absolute atomic E-state index is 0.189. The van der Waals surface area contributed by atoms with Gasteiger partial charge in [-0.05, 0) is 42.8 Å². The van der Waals surface area contributed by atoms with Gasteiger partial charge in [-0.3, -0.25) is 4.79 Å². The molecule has 6 nitrogen and oxygen atoms in total. The van der Waals surface area contributed by atoms with Gasteiger partial charge in [0.25, 0.3) is 5.91 Å². The molecule has 128 valence electrons. The molecule has 0 aliphatic carbocycles. The molecule has 6 heteroatoms. The summed E-state index contributed by atoms with van der Waals surface area (Å²) < 4.78 is 16.3. The van der Waals surface area contributed by atoms with Gasteiger partial charge in [-0.2, -0.15) is 0 Å². The standard InChI is InChI=1S/C20H14N2O4/c1-11-2-3-12-7-13-8-18(26-20(13)22-15(12)6-11)19(23)21-14-4-5-16-17(9-14)25-10-24-16/h2-9H,10H2,1H3,(H,21,23). The molecule has 0 saturated heterocycles. The molecule has 26 heavy (non-hydrogen) atoms. The molecule has 5 rings (SSSR count). The van der Waals surface area contributed by atoms with Gasteiger partial charge in [-0.15, -0.1) is 0 Å². The average Bonchev–Trinajstić information content (AvgIpc) is 3.25. The van der Waals surface area contributed by atoms with E-state index in [1.54, 1.807) is 24.3 Å². The summed E-state index contributed by atoms with van der Waals surface area (Å²) in [6.07, 6.45) is 0. The maximum absolute atomic E-state index is 12.5. The normalized spacial score (nSPS) is 12.7. The van der Waals surface area contributed by atoms with Crippen LogP contribution >= 0.6 is 0 Å². The Morgan fingerprint density at radius 1 is 1.00 bits per heavy atom. The molecule has 1 N–H and O–H groups in total. The van der Waals surface area contributed by atoms with Crippen molar-refractivity contribution in [2.24, 2.45) is 0 Å². The Balaban J connectivity index is 1.48. The molecule has 0 atom stereocenters. The van der Waals surface area contributed by atoms with Gasteiger partial charge < -0.3 is 19.2 Å². The van der Waals surface area contributed by atoms with Crippen LogP contribution < -0.4 is 14.8 Å². The molecule has 0 spiro atoms. The van der Waals surface area contributed by atoms with E-state index < -0.39 is 0 Å². The number of aromatic nitrogens is 1. The smallest absolute Gasteiger partial charge is 0.291 e. The van der Waals surface area contributed by atoms with Crippen LogP contribution in [0.1, 0.15) is 16.1 Å². The number of hydrogen-bond acceptors (Lipinski definition) is 5. The number of ether oxygens (including phenoxy) is 2. The molecule has 4 aromatic rings. The Kier molecular flexibility index (Phi) is 3.12. The molecule has 3 heterocycles. The largest absolute Gasteiger partial charge is 0.454 e. The number of benzene rings is 2. The fourth-order valence-corrected chi connectivity index (χ4v) is 3.01. The molecule has 0 unspecified atom stereocenters. The lowest BCUT2D eigenvalue weighted by Crippen LogP contribution is -2.10. The summed E-state index contributed by atoms with van der Waals surface area (Å²) in [6, 6.07) is 14.9. The predicted molar refractivity (Wildman–Crippen MR) is 96.8 cm³/mol. The second-order valence-corrected chi connectivity index (χ2v) is 6.21. The monoisotopic (exact) mass is 346 g/mol. The van der Waals surface area contributed by atoms with Gasteiger partial charge in [-0.1, -0.05) is 12.1 Å². The van der Waals surface area contributed by atoms with E-state index in [0.29, 0.717) is 22.9 Å². The maximum Gasteiger partial charge on any atom is 0.291 e. The number of rotatable bonds is 2. The van der Waals surface area contributed by atoms with Crippen molar-refractivity contribution in [3.63, 3.8) is 0 Å². The molecular weight excluding hydrogens is 332 g/mol. The molecule has 1 amide bonds. The SMILES string of the molecule is Cc1ccc2cc3cc(C(=O)Nc4ccc5c(c4)OCO5)oc3nc2c1. The Hall–Kier alpha value is -3.54. The van der Waals surface area contributed by atoms with E-state index in [1.165, 1.54) is 0 Å². The second kappa shape index (κ2) is 5.49. The third kappa shape index (κ3) is 2.43. The van der Waals surface area contributed by atoms with Crippen LogP contribution in [0.25, 0.3) is 22.0 Å². The van der Waals surface area contributed by atoms with Crippen LogP contribution in [0.4, 0.5) is 5.69 Å². The van der Waals surface area contributed by atoms with E-state index in [4.69, 9.17) is 13.9 Å². The fourth-order valence-electron chi connectivity index (χ4n) is 3.01. The first-order valence-electron chi connectivity index (χ1n) is 8.18. The average molecular weight is 346 g/mol. The van der Waals surface area contributed by atoms with E-state index in [-0.39, 0.29) is 18.5 Å². The molecule has 2 aromatic heterocycles. The summed E-state index contributed by atoms with van der Waals surface area (Å²) in [5, 5.41) is 4.60. The second-order valence-electron chi connectivity index (χ2n) is 6.21. The van der Waals surface area contributed by atoms with E-state index in [2.05, 4.69) is 10.3 Å². The minimum atomic E-state index is -0.345. The van der Waals surface area contributed by atoms with Crippen molar-refractivity contribution >= 4 is 33.6 Å². The van der Waals surface area contributed by atoms with E-state index in [1.807, 2.05) is 31.2 Å². The van der Waals surface area contributed by atoms with Crippen LogP contribution in [-0.2, 0) is 0 Å². The number of fused-ring (bicyclic) bond motifs is 3. The van der Waals surface area contributed by atoms with Crippen molar-refractivity contribution in [1.82, 2.24) is 4.98 Å². The maximum atomic E-state index is 12.5. The lowest BCUT2D eigenvalue weighted by atomic mass is 10.1. The van der Waals surface area contributed by atoms with Crippen LogP contribution in [0.2, 0.25) is 0 Å². The molecule has 1 aliphatic rings. The van der Waals surface area contributed by atoms with Gasteiger partial charge in [0, 0.05) is 22.5 Å². The van der Waals surface area contributed by atoms with Gasteiger partial charge in [-0.25, -0.2) is 4.98 Å². The summed E-state index contributed by atoms with van der Waals surface area (Å²) in [7, 11) is 0. The highest BCUT2D eigenvalue weighted by Crippen LogP contribution is 2.34. The fraction of sp³-hybridized carbons (Fsp3) is 0.100. The zero-order valence-electron chi connectivity index (χ0n) is 13.9. The topological polar surface area (TPSA) is 73.6 Å². The van der Waals surface area contributed by atoms with Gasteiger partial charge >= 0.3 is 0 Å². The number of nitrogens with one attached hydrogen (secondary N) is 1. The van der Waals surface area contributed by atoms with Crippen LogP contribution in [-0.4, -0.2) is 17.7 Å². The first kappa shape index (κ1) is 14.8. The highest BCUT2D eigenvalue weighted by Gasteiger charge is 2.17. The zero-order valence-corrected chi connectivity index (χ0v) is 13.9. The Bertz CT molecular complexity index is 1180. The number of aryl methyl sites for hydroxylation is 1. The quantitative estimate of drug-likeness (QED) is 0.587. The lowest BCUT2D eigenvalue weighted by molar-refractivity contribution is 0.0998. The summed E-state index contributed by atoms with van der Waals surface area (Å²) in [5.41, 5.74) is 3.01. The Morgan fingerprint density at radius 2 is 1.88 bits per heavy atom. The summed E-state index contributed by atoms with van der Waals surface area (Å²) in [6.45, 7) is 2.20. The summed E-state index contributed by atoms with van der Waals surface area (Å²) >= 11 is 0. The van der Waals surface area contributed by atoms with Crippen LogP contribution in [0.5, 0.6) is 11.5 Å². The van der Waals surface area contributed by atoms with Crippen LogP contribution in [0.3, 0.4) is 0 Å².